The summed E-state index contributed by atoms with van der Waals surface area (Å²) in [5.41, 5.74) is 0.279. The number of nitrogens with zero attached hydrogens (tertiary/aromatic N) is 1. The van der Waals surface area contributed by atoms with Crippen LogP contribution in [-0.4, -0.2) is 34.6 Å². The smallest absolute Gasteiger partial charge is 0.321 e. The van der Waals surface area contributed by atoms with Gasteiger partial charge in [-0.25, -0.2) is 9.78 Å². The zero-order chi connectivity index (χ0) is 12.7. The van der Waals surface area contributed by atoms with Crippen molar-refractivity contribution in [2.45, 2.75) is 13.3 Å². The van der Waals surface area contributed by atoms with Crippen LogP contribution in [0.3, 0.4) is 0 Å². The highest BCUT2D eigenvalue weighted by Gasteiger charge is 2.03. The Kier molecular flexibility index (Phi) is 5.55. The van der Waals surface area contributed by atoms with Crippen LogP contribution in [0, 0.1) is 6.92 Å². The first-order valence-electron chi connectivity index (χ1n) is 5.23. The van der Waals surface area contributed by atoms with Crippen LogP contribution in [0.4, 0.5) is 10.7 Å². The second-order valence-corrected chi connectivity index (χ2v) is 4.45. The first kappa shape index (κ1) is 13.6. The predicted molar refractivity (Wildman–Crippen MR) is 69.6 cm³/mol. The predicted octanol–water partition coefficient (Wildman–Crippen LogP) is 0.953. The van der Waals surface area contributed by atoms with Gasteiger partial charge >= 0.3 is 6.03 Å². The molecular formula is C10H16N4O2S. The summed E-state index contributed by atoms with van der Waals surface area (Å²) in [6, 6.07) is 1.00. The van der Waals surface area contributed by atoms with Crippen LogP contribution in [0.2, 0.25) is 0 Å². The van der Waals surface area contributed by atoms with Gasteiger partial charge in [-0.3, -0.25) is 15.1 Å². The van der Waals surface area contributed by atoms with Crippen molar-refractivity contribution in [1.82, 2.24) is 15.3 Å². The van der Waals surface area contributed by atoms with Crippen molar-refractivity contribution in [3.8, 4) is 0 Å². The molecule has 0 aliphatic carbocycles. The molecule has 1 rings (SSSR count). The molecule has 0 fully saturated rings. The SMILES string of the molecule is CSCCCNC(=O)Nc1nc(C)cc(=O)[nH]1. The Bertz CT molecular complexity index is 433. The van der Waals surface area contributed by atoms with E-state index in [0.29, 0.717) is 12.2 Å². The third-order valence-electron chi connectivity index (χ3n) is 1.91. The van der Waals surface area contributed by atoms with Gasteiger partial charge in [-0.05, 0) is 25.4 Å². The lowest BCUT2D eigenvalue weighted by Crippen LogP contribution is -2.31. The number of H-pyrrole nitrogens is 1. The van der Waals surface area contributed by atoms with Gasteiger partial charge in [0.05, 0.1) is 0 Å². The van der Waals surface area contributed by atoms with Gasteiger partial charge in [-0.2, -0.15) is 11.8 Å². The second-order valence-electron chi connectivity index (χ2n) is 3.46. The van der Waals surface area contributed by atoms with E-state index in [0.717, 1.165) is 12.2 Å². The maximum Gasteiger partial charge on any atom is 0.321 e. The summed E-state index contributed by atoms with van der Waals surface area (Å²) in [5.74, 6) is 1.16. The Morgan fingerprint density at radius 1 is 1.59 bits per heavy atom. The second kappa shape index (κ2) is 6.95. The monoisotopic (exact) mass is 256 g/mol. The van der Waals surface area contributed by atoms with E-state index in [4.69, 9.17) is 0 Å². The van der Waals surface area contributed by atoms with Gasteiger partial charge in [0.2, 0.25) is 5.95 Å². The molecule has 17 heavy (non-hydrogen) atoms. The summed E-state index contributed by atoms with van der Waals surface area (Å²) < 4.78 is 0. The molecule has 1 heterocycles. The molecule has 6 nitrogen and oxygen atoms in total. The van der Waals surface area contributed by atoms with Crippen molar-refractivity contribution in [2.24, 2.45) is 0 Å². The van der Waals surface area contributed by atoms with Crippen molar-refractivity contribution in [2.75, 3.05) is 23.9 Å². The molecule has 1 aromatic heterocycles. The zero-order valence-corrected chi connectivity index (χ0v) is 10.7. The van der Waals surface area contributed by atoms with Gasteiger partial charge in [0.15, 0.2) is 0 Å². The number of aryl methyl sites for hydroxylation is 1. The van der Waals surface area contributed by atoms with E-state index in [9.17, 15) is 9.59 Å². The van der Waals surface area contributed by atoms with Gasteiger partial charge < -0.3 is 5.32 Å². The minimum Gasteiger partial charge on any atom is -0.338 e. The summed E-state index contributed by atoms with van der Waals surface area (Å²) in [6.45, 7) is 2.29. The number of aromatic nitrogens is 2. The Balaban J connectivity index is 2.42. The number of aromatic amines is 1. The average molecular weight is 256 g/mol. The minimum absolute atomic E-state index is 0.164. The number of amides is 2. The summed E-state index contributed by atoms with van der Waals surface area (Å²) >= 11 is 1.73. The van der Waals surface area contributed by atoms with Crippen LogP contribution in [0.15, 0.2) is 10.9 Å². The number of hydrogen-bond donors (Lipinski definition) is 3. The van der Waals surface area contributed by atoms with Crippen LogP contribution in [0.1, 0.15) is 12.1 Å². The fraction of sp³-hybridized carbons (Fsp3) is 0.500. The highest BCUT2D eigenvalue weighted by Crippen LogP contribution is 1.96. The topological polar surface area (TPSA) is 86.9 Å². The lowest BCUT2D eigenvalue weighted by Gasteiger charge is -2.06. The Morgan fingerprint density at radius 2 is 2.35 bits per heavy atom. The van der Waals surface area contributed by atoms with E-state index in [-0.39, 0.29) is 17.5 Å². The molecule has 0 spiro atoms. The number of anilines is 1. The normalized spacial score (nSPS) is 10.0. The molecule has 94 valence electrons. The standard InChI is InChI=1S/C10H16N4O2S/c1-7-6-8(15)13-9(12-7)14-10(16)11-4-3-5-17-2/h6H,3-5H2,1-2H3,(H3,11,12,13,14,15,16). The zero-order valence-electron chi connectivity index (χ0n) is 9.87. The maximum absolute atomic E-state index is 11.4. The van der Waals surface area contributed by atoms with E-state index in [2.05, 4.69) is 20.6 Å². The third-order valence-corrected chi connectivity index (χ3v) is 2.61. The Labute approximate surface area is 104 Å². The highest BCUT2D eigenvalue weighted by molar-refractivity contribution is 7.98. The third kappa shape index (κ3) is 5.39. The minimum atomic E-state index is -0.361. The van der Waals surface area contributed by atoms with Crippen molar-refractivity contribution < 1.29 is 4.79 Å². The molecule has 0 aliphatic heterocycles. The quantitative estimate of drug-likeness (QED) is 0.685. The molecule has 2 amide bonds. The van der Waals surface area contributed by atoms with E-state index >= 15 is 0 Å². The molecule has 3 N–H and O–H groups in total. The van der Waals surface area contributed by atoms with Crippen molar-refractivity contribution in [3.63, 3.8) is 0 Å². The van der Waals surface area contributed by atoms with Gasteiger partial charge in [-0.1, -0.05) is 0 Å². The van der Waals surface area contributed by atoms with Gasteiger partial charge in [0.25, 0.3) is 5.56 Å². The number of thioether (sulfide) groups is 1. The molecule has 0 saturated carbocycles. The molecule has 0 unspecified atom stereocenters. The number of nitrogens with one attached hydrogen (secondary N) is 3. The van der Waals surface area contributed by atoms with Crippen LogP contribution < -0.4 is 16.2 Å². The summed E-state index contributed by atoms with van der Waals surface area (Å²) in [7, 11) is 0. The molecule has 1 aromatic rings. The van der Waals surface area contributed by atoms with Crippen molar-refractivity contribution in [1.29, 1.82) is 0 Å². The summed E-state index contributed by atoms with van der Waals surface area (Å²) in [6.07, 6.45) is 2.92. The number of carbonyl (C=O) groups excluding carboxylic acids is 1. The summed E-state index contributed by atoms with van der Waals surface area (Å²) in [4.78, 5) is 29.0. The molecule has 0 radical (unpaired) electrons. The van der Waals surface area contributed by atoms with Crippen LogP contribution in [-0.2, 0) is 0 Å². The van der Waals surface area contributed by atoms with Crippen molar-refractivity contribution >= 4 is 23.7 Å². The Hall–Kier alpha value is -1.50. The lowest BCUT2D eigenvalue weighted by molar-refractivity contribution is 0.252. The molecular weight excluding hydrogens is 240 g/mol. The number of rotatable bonds is 5. The van der Waals surface area contributed by atoms with E-state index < -0.39 is 0 Å². The van der Waals surface area contributed by atoms with Gasteiger partial charge in [0, 0.05) is 18.3 Å². The first-order chi connectivity index (χ1) is 8.11. The molecule has 0 atom stereocenters. The number of hydrogen-bond acceptors (Lipinski definition) is 4. The first-order valence-corrected chi connectivity index (χ1v) is 6.63. The van der Waals surface area contributed by atoms with Crippen LogP contribution >= 0.6 is 11.8 Å². The van der Waals surface area contributed by atoms with E-state index in [1.165, 1.54) is 6.07 Å². The maximum atomic E-state index is 11.4. The average Bonchev–Trinajstić information content (AvgIpc) is 2.23. The molecule has 0 aromatic carbocycles. The van der Waals surface area contributed by atoms with Crippen LogP contribution in [0.25, 0.3) is 0 Å². The number of carbonyl (C=O) groups is 1. The lowest BCUT2D eigenvalue weighted by atomic mass is 10.4. The van der Waals surface area contributed by atoms with E-state index in [1.807, 2.05) is 6.26 Å². The van der Waals surface area contributed by atoms with Gasteiger partial charge in [0.1, 0.15) is 0 Å². The number of urea groups is 1. The van der Waals surface area contributed by atoms with Gasteiger partial charge in [-0.15, -0.1) is 0 Å². The van der Waals surface area contributed by atoms with E-state index in [1.54, 1.807) is 18.7 Å². The van der Waals surface area contributed by atoms with Crippen LogP contribution in [0.5, 0.6) is 0 Å². The van der Waals surface area contributed by atoms with Crippen molar-refractivity contribution in [3.05, 3.63) is 22.1 Å². The molecule has 0 saturated heterocycles. The molecule has 7 heteroatoms. The largest absolute Gasteiger partial charge is 0.338 e. The Morgan fingerprint density at radius 3 is 3.00 bits per heavy atom. The highest BCUT2D eigenvalue weighted by atomic mass is 32.2. The summed E-state index contributed by atoms with van der Waals surface area (Å²) in [5, 5.41) is 5.16. The molecule has 0 aliphatic rings. The molecule has 0 bridgehead atoms. The fourth-order valence-electron chi connectivity index (χ4n) is 1.21. The fourth-order valence-corrected chi connectivity index (χ4v) is 1.64.